The Labute approximate surface area is 104 Å². The third kappa shape index (κ3) is 2.34. The van der Waals surface area contributed by atoms with Crippen molar-refractivity contribution in [3.05, 3.63) is 21.1 Å². The van der Waals surface area contributed by atoms with E-state index >= 15 is 0 Å². The first-order valence-corrected chi connectivity index (χ1v) is 6.10. The van der Waals surface area contributed by atoms with Crippen molar-refractivity contribution in [3.8, 4) is 5.75 Å². The van der Waals surface area contributed by atoms with Gasteiger partial charge in [0.25, 0.3) is 0 Å². The maximum absolute atomic E-state index is 11.5. The summed E-state index contributed by atoms with van der Waals surface area (Å²) in [5.74, 6) is 0.669. The first kappa shape index (κ1) is 11.0. The maximum Gasteiger partial charge on any atom is 0.228 e. The van der Waals surface area contributed by atoms with Crippen LogP contribution in [0.3, 0.4) is 0 Å². The molecule has 0 spiro atoms. The summed E-state index contributed by atoms with van der Waals surface area (Å²) in [5.41, 5.74) is 0.700. The van der Waals surface area contributed by atoms with Gasteiger partial charge in [0, 0.05) is 4.47 Å². The molecule has 0 aromatic heterocycles. The third-order valence-corrected chi connectivity index (χ3v) is 3.12. The highest BCUT2D eigenvalue weighted by molar-refractivity contribution is 9.11. The number of benzene rings is 1. The summed E-state index contributed by atoms with van der Waals surface area (Å²) in [4.78, 5) is 11.5. The molecule has 0 radical (unpaired) electrons. The lowest BCUT2D eigenvalue weighted by molar-refractivity contribution is -0.117. The van der Waals surface area contributed by atoms with Crippen LogP contribution >= 0.6 is 31.9 Å². The van der Waals surface area contributed by atoms with Crippen molar-refractivity contribution < 1.29 is 9.53 Å². The second-order valence-electron chi connectivity index (χ2n) is 3.45. The van der Waals surface area contributed by atoms with Crippen LogP contribution in [0.25, 0.3) is 0 Å². The van der Waals surface area contributed by atoms with Crippen LogP contribution in [0, 0.1) is 0 Å². The molecule has 80 valence electrons. The number of carbonyl (C=O) groups excluding carboxylic acids is 1. The number of amides is 1. The summed E-state index contributed by atoms with van der Waals surface area (Å²) in [5, 5.41) is 2.81. The van der Waals surface area contributed by atoms with E-state index in [-0.39, 0.29) is 12.0 Å². The Morgan fingerprint density at radius 2 is 2.20 bits per heavy atom. The van der Waals surface area contributed by atoms with Gasteiger partial charge in [0.05, 0.1) is 16.6 Å². The van der Waals surface area contributed by atoms with Gasteiger partial charge in [-0.1, -0.05) is 15.9 Å². The third-order valence-electron chi connectivity index (χ3n) is 2.07. The van der Waals surface area contributed by atoms with Crippen molar-refractivity contribution >= 4 is 43.5 Å². The van der Waals surface area contributed by atoms with Gasteiger partial charge in [-0.3, -0.25) is 4.79 Å². The minimum Gasteiger partial charge on any atom is -0.487 e. The van der Waals surface area contributed by atoms with Gasteiger partial charge in [0.2, 0.25) is 5.91 Å². The zero-order chi connectivity index (χ0) is 11.0. The largest absolute Gasteiger partial charge is 0.487 e. The monoisotopic (exact) mass is 333 g/mol. The molecule has 1 heterocycles. The minimum absolute atomic E-state index is 0.0220. The normalized spacial score (nSPS) is 19.9. The van der Waals surface area contributed by atoms with E-state index < -0.39 is 0 Å². The van der Waals surface area contributed by atoms with Gasteiger partial charge in [0.1, 0.15) is 6.10 Å². The highest BCUT2D eigenvalue weighted by atomic mass is 79.9. The number of nitrogens with one attached hydrogen (secondary N) is 1. The first-order valence-electron chi connectivity index (χ1n) is 4.52. The summed E-state index contributed by atoms with van der Waals surface area (Å²) in [6, 6.07) is 3.72. The topological polar surface area (TPSA) is 38.3 Å². The Kier molecular flexibility index (Phi) is 3.02. The predicted octanol–water partition coefficient (Wildman–Crippen LogP) is 3.32. The molecule has 0 saturated carbocycles. The quantitative estimate of drug-likeness (QED) is 0.790. The molecule has 0 fully saturated rings. The van der Waals surface area contributed by atoms with Gasteiger partial charge in [-0.05, 0) is 35.0 Å². The zero-order valence-electron chi connectivity index (χ0n) is 8.01. The van der Waals surface area contributed by atoms with E-state index in [4.69, 9.17) is 4.74 Å². The van der Waals surface area contributed by atoms with Gasteiger partial charge in [-0.15, -0.1) is 0 Å². The highest BCUT2D eigenvalue weighted by Crippen LogP contribution is 2.38. The fraction of sp³-hybridized carbons (Fsp3) is 0.300. The van der Waals surface area contributed by atoms with Crippen LogP contribution in [0.15, 0.2) is 21.1 Å². The smallest absolute Gasteiger partial charge is 0.228 e. The van der Waals surface area contributed by atoms with Gasteiger partial charge >= 0.3 is 0 Å². The molecule has 1 aromatic rings. The number of anilines is 1. The van der Waals surface area contributed by atoms with E-state index in [9.17, 15) is 4.79 Å². The lowest BCUT2D eigenvalue weighted by Crippen LogP contribution is -2.17. The van der Waals surface area contributed by atoms with Crippen LogP contribution in [-0.4, -0.2) is 12.0 Å². The van der Waals surface area contributed by atoms with E-state index in [1.54, 1.807) is 0 Å². The standard InChI is InChI=1S/C10H9Br2NO2/c1-5-2-9(14)13-8-4-6(11)3-7(12)10(8)15-5/h3-5H,2H2,1H3,(H,13,14). The lowest BCUT2D eigenvalue weighted by Gasteiger charge is -2.13. The predicted molar refractivity (Wildman–Crippen MR) is 65.2 cm³/mol. The molecule has 1 N–H and O–H groups in total. The second kappa shape index (κ2) is 4.14. The van der Waals surface area contributed by atoms with E-state index in [2.05, 4.69) is 37.2 Å². The van der Waals surface area contributed by atoms with E-state index in [1.165, 1.54) is 0 Å². The molecule has 0 aliphatic carbocycles. The van der Waals surface area contributed by atoms with Gasteiger partial charge in [-0.2, -0.15) is 0 Å². The lowest BCUT2D eigenvalue weighted by atomic mass is 10.3. The summed E-state index contributed by atoms with van der Waals surface area (Å²) in [7, 11) is 0. The SMILES string of the molecule is CC1CC(=O)Nc2cc(Br)cc(Br)c2O1. The van der Waals surface area contributed by atoms with Gasteiger partial charge < -0.3 is 10.1 Å². The molecule has 1 aromatic carbocycles. The van der Waals surface area contributed by atoms with Crippen molar-refractivity contribution in [1.82, 2.24) is 0 Å². The zero-order valence-corrected chi connectivity index (χ0v) is 11.2. The van der Waals surface area contributed by atoms with Gasteiger partial charge in [-0.25, -0.2) is 0 Å². The summed E-state index contributed by atoms with van der Waals surface area (Å²) < 4.78 is 7.39. The number of rotatable bonds is 0. The molecule has 15 heavy (non-hydrogen) atoms. The molecule has 5 heteroatoms. The van der Waals surface area contributed by atoms with Gasteiger partial charge in [0.15, 0.2) is 5.75 Å². The van der Waals surface area contributed by atoms with Crippen LogP contribution in [0.1, 0.15) is 13.3 Å². The van der Waals surface area contributed by atoms with Crippen LogP contribution in [-0.2, 0) is 4.79 Å². The molecule has 1 atom stereocenters. The van der Waals surface area contributed by atoms with E-state index in [0.717, 1.165) is 8.95 Å². The van der Waals surface area contributed by atoms with E-state index in [1.807, 2.05) is 19.1 Å². The Bertz CT molecular complexity index is 420. The van der Waals surface area contributed by atoms with Crippen molar-refractivity contribution in [1.29, 1.82) is 0 Å². The Balaban J connectivity index is 2.50. The van der Waals surface area contributed by atoms with Crippen molar-refractivity contribution in [2.45, 2.75) is 19.4 Å². The molecule has 0 saturated heterocycles. The van der Waals surface area contributed by atoms with Crippen molar-refractivity contribution in [2.24, 2.45) is 0 Å². The summed E-state index contributed by atoms with van der Waals surface area (Å²) in [6.07, 6.45) is 0.266. The maximum atomic E-state index is 11.5. The molecule has 2 rings (SSSR count). The average Bonchev–Trinajstić information content (AvgIpc) is 2.22. The molecule has 1 unspecified atom stereocenters. The molecule has 1 amide bonds. The molecule has 3 nitrogen and oxygen atoms in total. The second-order valence-corrected chi connectivity index (χ2v) is 5.22. The number of fused-ring (bicyclic) bond motifs is 1. The average molecular weight is 335 g/mol. The number of ether oxygens (including phenoxy) is 1. The van der Waals surface area contributed by atoms with Crippen LogP contribution in [0.4, 0.5) is 5.69 Å². The summed E-state index contributed by atoms with van der Waals surface area (Å²) >= 11 is 6.77. The molecule has 0 bridgehead atoms. The number of halogens is 2. The number of hydrogen-bond donors (Lipinski definition) is 1. The van der Waals surface area contributed by atoms with Crippen molar-refractivity contribution in [3.63, 3.8) is 0 Å². The molecule has 1 aliphatic rings. The Morgan fingerprint density at radius 3 is 2.93 bits per heavy atom. The Hall–Kier alpha value is -0.550. The fourth-order valence-corrected chi connectivity index (χ4v) is 2.80. The van der Waals surface area contributed by atoms with E-state index in [0.29, 0.717) is 17.9 Å². The summed E-state index contributed by atoms with van der Waals surface area (Å²) in [6.45, 7) is 1.88. The minimum atomic E-state index is -0.108. The molecular formula is C10H9Br2NO2. The number of hydrogen-bond acceptors (Lipinski definition) is 2. The number of carbonyl (C=O) groups is 1. The van der Waals surface area contributed by atoms with Crippen molar-refractivity contribution in [2.75, 3.05) is 5.32 Å². The highest BCUT2D eigenvalue weighted by Gasteiger charge is 2.21. The first-order chi connectivity index (χ1) is 7.06. The Morgan fingerprint density at radius 1 is 1.47 bits per heavy atom. The molecular weight excluding hydrogens is 326 g/mol. The van der Waals surface area contributed by atoms with Crippen LogP contribution in [0.2, 0.25) is 0 Å². The molecule has 1 aliphatic heterocycles. The fourth-order valence-electron chi connectivity index (χ4n) is 1.48. The van der Waals surface area contributed by atoms with Crippen LogP contribution < -0.4 is 10.1 Å². The van der Waals surface area contributed by atoms with Crippen LogP contribution in [0.5, 0.6) is 5.75 Å².